The van der Waals surface area contributed by atoms with E-state index in [0.717, 1.165) is 16.7 Å². The molecule has 144 valence electrons. The lowest BCUT2D eigenvalue weighted by atomic mass is 10.1. The number of rotatable bonds is 5. The molecular weight excluding hydrogens is 372 g/mol. The maximum atomic E-state index is 12.7. The minimum Gasteiger partial charge on any atom is -0.322 e. The van der Waals surface area contributed by atoms with Gasteiger partial charge in [0.2, 0.25) is 0 Å². The van der Waals surface area contributed by atoms with Crippen LogP contribution in [0.4, 0.5) is 11.4 Å². The Bertz CT molecular complexity index is 1120. The van der Waals surface area contributed by atoms with E-state index in [2.05, 4.69) is 10.0 Å². The quantitative estimate of drug-likeness (QED) is 0.661. The molecule has 6 heteroatoms. The van der Waals surface area contributed by atoms with Crippen LogP contribution in [0.3, 0.4) is 0 Å². The highest BCUT2D eigenvalue weighted by molar-refractivity contribution is 7.92. The Morgan fingerprint density at radius 3 is 2.14 bits per heavy atom. The molecule has 0 fully saturated rings. The van der Waals surface area contributed by atoms with Gasteiger partial charge in [0.15, 0.2) is 0 Å². The molecule has 1 amide bonds. The van der Waals surface area contributed by atoms with Crippen LogP contribution in [-0.2, 0) is 10.0 Å². The maximum absolute atomic E-state index is 12.7. The molecule has 0 bridgehead atoms. The fourth-order valence-corrected chi connectivity index (χ4v) is 3.77. The summed E-state index contributed by atoms with van der Waals surface area (Å²) in [6.45, 7) is 5.89. The Kier molecular flexibility index (Phi) is 5.51. The lowest BCUT2D eigenvalue weighted by molar-refractivity contribution is 0.102. The second-order valence-electron chi connectivity index (χ2n) is 6.75. The fourth-order valence-electron chi connectivity index (χ4n) is 2.66. The Balaban J connectivity index is 1.81. The smallest absolute Gasteiger partial charge is 0.261 e. The van der Waals surface area contributed by atoms with Crippen molar-refractivity contribution in [2.45, 2.75) is 25.7 Å². The number of anilines is 2. The van der Waals surface area contributed by atoms with Crippen molar-refractivity contribution in [2.24, 2.45) is 0 Å². The standard InChI is InChI=1S/C22H22N2O3S/c1-15-7-10-19(11-8-15)24-28(26,27)21-6-4-5-18(14-21)22(25)23-20-12-9-16(2)17(3)13-20/h4-14,24H,1-3H3,(H,23,25). The van der Waals surface area contributed by atoms with E-state index in [9.17, 15) is 13.2 Å². The van der Waals surface area contributed by atoms with Gasteiger partial charge in [-0.25, -0.2) is 8.42 Å². The largest absolute Gasteiger partial charge is 0.322 e. The second kappa shape index (κ2) is 7.86. The summed E-state index contributed by atoms with van der Waals surface area (Å²) in [4.78, 5) is 12.6. The van der Waals surface area contributed by atoms with Crippen LogP contribution >= 0.6 is 0 Å². The summed E-state index contributed by atoms with van der Waals surface area (Å²) >= 11 is 0. The van der Waals surface area contributed by atoms with E-state index in [0.29, 0.717) is 11.4 Å². The molecular formula is C22H22N2O3S. The van der Waals surface area contributed by atoms with Gasteiger partial charge in [-0.2, -0.15) is 0 Å². The summed E-state index contributed by atoms with van der Waals surface area (Å²) < 4.78 is 27.8. The third kappa shape index (κ3) is 4.58. The van der Waals surface area contributed by atoms with Crippen molar-refractivity contribution in [3.63, 3.8) is 0 Å². The monoisotopic (exact) mass is 394 g/mol. The molecule has 0 atom stereocenters. The van der Waals surface area contributed by atoms with E-state index in [1.54, 1.807) is 24.3 Å². The van der Waals surface area contributed by atoms with Gasteiger partial charge in [0.05, 0.1) is 4.90 Å². The lowest BCUT2D eigenvalue weighted by Gasteiger charge is -2.11. The molecule has 3 rings (SSSR count). The van der Waals surface area contributed by atoms with Crippen molar-refractivity contribution in [1.82, 2.24) is 0 Å². The molecule has 0 saturated heterocycles. The highest BCUT2D eigenvalue weighted by Gasteiger charge is 2.17. The van der Waals surface area contributed by atoms with E-state index in [-0.39, 0.29) is 16.4 Å². The van der Waals surface area contributed by atoms with Gasteiger partial charge in [-0.15, -0.1) is 0 Å². The van der Waals surface area contributed by atoms with Crippen LogP contribution in [-0.4, -0.2) is 14.3 Å². The number of nitrogens with one attached hydrogen (secondary N) is 2. The number of hydrogen-bond acceptors (Lipinski definition) is 3. The molecule has 0 aliphatic rings. The molecule has 2 N–H and O–H groups in total. The predicted molar refractivity (Wildman–Crippen MR) is 112 cm³/mol. The van der Waals surface area contributed by atoms with Gasteiger partial charge in [-0.1, -0.05) is 29.8 Å². The molecule has 0 saturated carbocycles. The van der Waals surface area contributed by atoms with Gasteiger partial charge < -0.3 is 5.32 Å². The van der Waals surface area contributed by atoms with Gasteiger partial charge in [0.1, 0.15) is 0 Å². The molecule has 0 aliphatic carbocycles. The van der Waals surface area contributed by atoms with Crippen LogP contribution in [0.1, 0.15) is 27.0 Å². The average molecular weight is 394 g/mol. The molecule has 3 aromatic rings. The average Bonchev–Trinajstić information content (AvgIpc) is 2.66. The molecule has 0 heterocycles. The number of amides is 1. The van der Waals surface area contributed by atoms with E-state index < -0.39 is 10.0 Å². The van der Waals surface area contributed by atoms with Crippen molar-refractivity contribution >= 4 is 27.3 Å². The van der Waals surface area contributed by atoms with E-state index in [1.165, 1.54) is 12.1 Å². The normalized spacial score (nSPS) is 11.1. The second-order valence-corrected chi connectivity index (χ2v) is 8.43. The minimum atomic E-state index is -3.80. The maximum Gasteiger partial charge on any atom is 0.261 e. The van der Waals surface area contributed by atoms with E-state index in [4.69, 9.17) is 0 Å². The third-order valence-corrected chi connectivity index (χ3v) is 5.85. The number of carbonyl (C=O) groups excluding carboxylic acids is 1. The Labute approximate surface area is 165 Å². The summed E-state index contributed by atoms with van der Waals surface area (Å²) in [6.07, 6.45) is 0. The van der Waals surface area contributed by atoms with Gasteiger partial charge in [-0.3, -0.25) is 9.52 Å². The summed E-state index contributed by atoms with van der Waals surface area (Å²) in [5.74, 6) is -0.365. The zero-order valence-electron chi connectivity index (χ0n) is 16.0. The molecule has 3 aromatic carbocycles. The molecule has 28 heavy (non-hydrogen) atoms. The number of sulfonamides is 1. The van der Waals surface area contributed by atoms with Gasteiger partial charge in [-0.05, 0) is 74.4 Å². The van der Waals surface area contributed by atoms with E-state index >= 15 is 0 Å². The Hall–Kier alpha value is -3.12. The van der Waals surface area contributed by atoms with Crippen LogP contribution in [0.15, 0.2) is 71.6 Å². The fraction of sp³-hybridized carbons (Fsp3) is 0.136. The number of aryl methyl sites for hydroxylation is 3. The van der Waals surface area contributed by atoms with Crippen LogP contribution in [0.2, 0.25) is 0 Å². The number of benzene rings is 3. The van der Waals surface area contributed by atoms with Crippen molar-refractivity contribution in [2.75, 3.05) is 10.0 Å². The predicted octanol–water partition coefficient (Wildman–Crippen LogP) is 4.66. The Morgan fingerprint density at radius 2 is 1.46 bits per heavy atom. The van der Waals surface area contributed by atoms with Crippen molar-refractivity contribution in [3.05, 3.63) is 89.0 Å². The molecule has 0 aromatic heterocycles. The topological polar surface area (TPSA) is 75.3 Å². The van der Waals surface area contributed by atoms with Gasteiger partial charge >= 0.3 is 0 Å². The number of hydrogen-bond donors (Lipinski definition) is 2. The Morgan fingerprint density at radius 1 is 0.786 bits per heavy atom. The van der Waals surface area contributed by atoms with Crippen LogP contribution < -0.4 is 10.0 Å². The minimum absolute atomic E-state index is 0.0285. The molecule has 0 radical (unpaired) electrons. The highest BCUT2D eigenvalue weighted by Crippen LogP contribution is 2.19. The van der Waals surface area contributed by atoms with Crippen LogP contribution in [0.5, 0.6) is 0 Å². The molecule has 5 nitrogen and oxygen atoms in total. The van der Waals surface area contributed by atoms with Gasteiger partial charge in [0, 0.05) is 16.9 Å². The summed E-state index contributed by atoms with van der Waals surface area (Å²) in [7, 11) is -3.80. The highest BCUT2D eigenvalue weighted by atomic mass is 32.2. The van der Waals surface area contributed by atoms with E-state index in [1.807, 2.05) is 51.1 Å². The zero-order chi connectivity index (χ0) is 20.3. The number of carbonyl (C=O) groups is 1. The van der Waals surface area contributed by atoms with Crippen molar-refractivity contribution < 1.29 is 13.2 Å². The van der Waals surface area contributed by atoms with Crippen LogP contribution in [0, 0.1) is 20.8 Å². The molecule has 0 aliphatic heterocycles. The lowest BCUT2D eigenvalue weighted by Crippen LogP contribution is -2.16. The zero-order valence-corrected chi connectivity index (χ0v) is 16.8. The first kappa shape index (κ1) is 19.6. The van der Waals surface area contributed by atoms with Crippen LogP contribution in [0.25, 0.3) is 0 Å². The van der Waals surface area contributed by atoms with Crippen molar-refractivity contribution in [1.29, 1.82) is 0 Å². The summed E-state index contributed by atoms with van der Waals surface area (Å²) in [5, 5.41) is 2.81. The SMILES string of the molecule is Cc1ccc(NS(=O)(=O)c2cccc(C(=O)Nc3ccc(C)c(C)c3)c2)cc1. The first-order valence-corrected chi connectivity index (χ1v) is 10.3. The van der Waals surface area contributed by atoms with Crippen molar-refractivity contribution in [3.8, 4) is 0 Å². The first-order chi connectivity index (χ1) is 13.2. The first-order valence-electron chi connectivity index (χ1n) is 8.83. The third-order valence-electron chi connectivity index (χ3n) is 4.48. The molecule has 0 spiro atoms. The van der Waals surface area contributed by atoms with Gasteiger partial charge in [0.25, 0.3) is 15.9 Å². The molecule has 0 unspecified atom stereocenters. The summed E-state index contributed by atoms with van der Waals surface area (Å²) in [5.41, 5.74) is 4.64. The summed E-state index contributed by atoms with van der Waals surface area (Å²) in [6, 6.07) is 18.6.